The maximum absolute atomic E-state index is 12.8. The number of hydrogen-bond donors (Lipinski definition) is 0. The Morgan fingerprint density at radius 2 is 1.89 bits per heavy atom. The second-order valence-electron chi connectivity index (χ2n) is 5.82. The van der Waals surface area contributed by atoms with Gasteiger partial charge in [0.15, 0.2) is 11.3 Å². The molecule has 1 aliphatic rings. The number of fused-ring (bicyclic) bond motifs is 1. The molecule has 2 heterocycles. The molecule has 1 aromatic heterocycles. The van der Waals surface area contributed by atoms with Gasteiger partial charge in [-0.15, -0.1) is 0 Å². The fourth-order valence-electron chi connectivity index (χ4n) is 2.46. The average molecular weight is 390 g/mol. The molecule has 0 atom stereocenters. The number of imidazole rings is 1. The van der Waals surface area contributed by atoms with E-state index in [1.165, 1.54) is 31.7 Å². The highest BCUT2D eigenvalue weighted by atomic mass is 19.4. The van der Waals surface area contributed by atoms with Gasteiger partial charge in [-0.05, 0) is 25.0 Å². The van der Waals surface area contributed by atoms with E-state index in [9.17, 15) is 26.3 Å². The van der Waals surface area contributed by atoms with Gasteiger partial charge in [-0.3, -0.25) is 4.99 Å². The van der Waals surface area contributed by atoms with Crippen molar-refractivity contribution in [3.05, 3.63) is 52.2 Å². The minimum absolute atomic E-state index is 0.152. The van der Waals surface area contributed by atoms with Crippen LogP contribution in [0.3, 0.4) is 0 Å². The van der Waals surface area contributed by atoms with Crippen LogP contribution in [0.5, 0.6) is 0 Å². The van der Waals surface area contributed by atoms with E-state index in [-0.39, 0.29) is 27.9 Å². The molecule has 0 spiro atoms. The third kappa shape index (κ3) is 4.37. The van der Waals surface area contributed by atoms with Crippen molar-refractivity contribution in [2.24, 2.45) is 17.0 Å². The molecule has 4 nitrogen and oxygen atoms in total. The van der Waals surface area contributed by atoms with Crippen molar-refractivity contribution in [2.75, 3.05) is 7.05 Å². The summed E-state index contributed by atoms with van der Waals surface area (Å²) in [5.74, 6) is 0.190. The van der Waals surface area contributed by atoms with Crippen LogP contribution in [0.2, 0.25) is 0 Å². The van der Waals surface area contributed by atoms with Gasteiger partial charge < -0.3 is 4.57 Å². The number of hydrogen-bond acceptors (Lipinski definition) is 3. The molecule has 0 saturated carbocycles. The molecule has 0 bridgehead atoms. The van der Waals surface area contributed by atoms with Crippen molar-refractivity contribution >= 4 is 11.8 Å². The van der Waals surface area contributed by atoms with E-state index in [1.807, 2.05) is 0 Å². The molecule has 2 rings (SSSR count). The zero-order valence-corrected chi connectivity index (χ0v) is 14.7. The third-order valence-corrected chi connectivity index (χ3v) is 3.88. The number of nitrogens with zero attached hydrogens (tertiary/aromatic N) is 4. The largest absolute Gasteiger partial charge is 0.415 e. The van der Waals surface area contributed by atoms with Gasteiger partial charge in [0.25, 0.3) is 0 Å². The zero-order valence-electron chi connectivity index (χ0n) is 14.7. The normalized spacial score (nSPS) is 16.1. The summed E-state index contributed by atoms with van der Waals surface area (Å²) in [4.78, 5) is 12.0. The first-order valence-electron chi connectivity index (χ1n) is 7.65. The van der Waals surface area contributed by atoms with Crippen molar-refractivity contribution in [3.63, 3.8) is 0 Å². The summed E-state index contributed by atoms with van der Waals surface area (Å²) in [6.45, 7) is 4.40. The lowest BCUT2D eigenvalue weighted by Gasteiger charge is -2.10. The van der Waals surface area contributed by atoms with Gasteiger partial charge in [-0.2, -0.15) is 26.3 Å². The topological polar surface area (TPSA) is 42.5 Å². The molecular formula is C17H16F6N4. The van der Waals surface area contributed by atoms with Gasteiger partial charge in [-0.25, -0.2) is 9.98 Å². The lowest BCUT2D eigenvalue weighted by atomic mass is 10.1. The highest BCUT2D eigenvalue weighted by Crippen LogP contribution is 2.29. The van der Waals surface area contributed by atoms with Gasteiger partial charge in [0.05, 0.1) is 5.57 Å². The van der Waals surface area contributed by atoms with Crippen LogP contribution in [0.25, 0.3) is 6.08 Å². The van der Waals surface area contributed by atoms with Crippen LogP contribution < -0.4 is 10.8 Å². The minimum Gasteiger partial charge on any atom is -0.311 e. The first kappa shape index (κ1) is 20.7. The van der Waals surface area contributed by atoms with E-state index in [1.54, 1.807) is 0 Å². The Labute approximate surface area is 150 Å². The Bertz CT molecular complexity index is 971. The monoisotopic (exact) mass is 390 g/mol. The molecule has 0 aliphatic carbocycles. The highest BCUT2D eigenvalue weighted by molar-refractivity contribution is 6.10. The number of aromatic nitrogens is 2. The average Bonchev–Trinajstić information content (AvgIpc) is 2.71. The molecule has 10 heteroatoms. The second-order valence-corrected chi connectivity index (χ2v) is 5.82. The Hall–Kier alpha value is -2.65. The summed E-state index contributed by atoms with van der Waals surface area (Å²) in [6, 6.07) is 0. The minimum atomic E-state index is -4.58. The van der Waals surface area contributed by atoms with Crippen molar-refractivity contribution in [2.45, 2.75) is 25.7 Å². The third-order valence-electron chi connectivity index (χ3n) is 3.88. The molecule has 1 aliphatic heterocycles. The summed E-state index contributed by atoms with van der Waals surface area (Å²) in [6.07, 6.45) is -6.65. The quantitative estimate of drug-likeness (QED) is 0.444. The standard InChI is InChI=1S/C17H16F6N4/c1-9(7-10(2)16(18,19)20)13(24-3)15-26-12-6-5-11(17(21,22)23)8-25-14(12)27(15)4/h6-8H,2,5H2,1,3-4H3/b9-7-,24-13?. The molecule has 0 aromatic carbocycles. The van der Waals surface area contributed by atoms with Gasteiger partial charge in [-0.1, -0.05) is 12.7 Å². The predicted octanol–water partition coefficient (Wildman–Crippen LogP) is 3.15. The summed E-state index contributed by atoms with van der Waals surface area (Å²) in [5.41, 5.74) is -1.39. The molecule has 27 heavy (non-hydrogen) atoms. The van der Waals surface area contributed by atoms with Crippen LogP contribution in [0.1, 0.15) is 19.2 Å². The summed E-state index contributed by atoms with van der Waals surface area (Å²) < 4.78 is 78.0. The molecule has 0 N–H and O–H groups in total. The molecule has 146 valence electrons. The van der Waals surface area contributed by atoms with Crippen LogP contribution in [0.15, 0.2) is 45.6 Å². The molecular weight excluding hydrogens is 374 g/mol. The van der Waals surface area contributed by atoms with Crippen molar-refractivity contribution in [3.8, 4) is 0 Å². The molecule has 1 aromatic rings. The lowest BCUT2D eigenvalue weighted by molar-refractivity contribution is -0.0929. The van der Waals surface area contributed by atoms with Crippen LogP contribution in [0.4, 0.5) is 26.3 Å². The van der Waals surface area contributed by atoms with E-state index in [0.29, 0.717) is 0 Å². The second kappa shape index (κ2) is 7.16. The van der Waals surface area contributed by atoms with Crippen LogP contribution in [-0.4, -0.2) is 34.7 Å². The zero-order chi connectivity index (χ0) is 20.6. The lowest BCUT2D eigenvalue weighted by Crippen LogP contribution is -2.28. The predicted molar refractivity (Wildman–Crippen MR) is 88.6 cm³/mol. The van der Waals surface area contributed by atoms with E-state index < -0.39 is 29.9 Å². The van der Waals surface area contributed by atoms with E-state index in [0.717, 1.165) is 12.3 Å². The van der Waals surface area contributed by atoms with Gasteiger partial charge in [0, 0.05) is 25.9 Å². The number of rotatable bonds is 3. The number of halogens is 6. The Morgan fingerprint density at radius 3 is 2.41 bits per heavy atom. The molecule has 0 amide bonds. The first-order valence-corrected chi connectivity index (χ1v) is 7.65. The number of aliphatic imine (C=N–C) groups is 1. The van der Waals surface area contributed by atoms with Gasteiger partial charge >= 0.3 is 12.4 Å². The molecule has 0 unspecified atom stereocenters. The summed E-state index contributed by atoms with van der Waals surface area (Å²) in [7, 11) is 2.88. The van der Waals surface area contributed by atoms with Crippen molar-refractivity contribution in [1.29, 1.82) is 0 Å². The van der Waals surface area contributed by atoms with Crippen molar-refractivity contribution < 1.29 is 26.3 Å². The van der Waals surface area contributed by atoms with Crippen LogP contribution in [-0.2, 0) is 7.05 Å². The van der Waals surface area contributed by atoms with E-state index >= 15 is 0 Å². The summed E-state index contributed by atoms with van der Waals surface area (Å²) >= 11 is 0. The summed E-state index contributed by atoms with van der Waals surface area (Å²) in [5, 5.41) is 0.201. The molecule has 0 saturated heterocycles. The fraction of sp³-hybridized carbons (Fsp3) is 0.353. The smallest absolute Gasteiger partial charge is 0.311 e. The SMILES string of the molecule is C=C(/C=C(/C)C(=NC)c1nc2c(n1C)=NC=C(C(F)(F)F)CC=2)C(F)(F)F. The van der Waals surface area contributed by atoms with Crippen LogP contribution >= 0.6 is 0 Å². The highest BCUT2D eigenvalue weighted by Gasteiger charge is 2.33. The first-order chi connectivity index (χ1) is 12.4. The number of alkyl halides is 6. The number of allylic oxidation sites excluding steroid dienone is 4. The Morgan fingerprint density at radius 1 is 1.26 bits per heavy atom. The van der Waals surface area contributed by atoms with Gasteiger partial charge in [0.2, 0.25) is 0 Å². The van der Waals surface area contributed by atoms with Crippen LogP contribution in [0, 0.1) is 0 Å². The molecule has 0 radical (unpaired) electrons. The van der Waals surface area contributed by atoms with E-state index in [2.05, 4.69) is 21.5 Å². The molecule has 0 fully saturated rings. The maximum Gasteiger partial charge on any atom is 0.415 e. The van der Waals surface area contributed by atoms with Crippen molar-refractivity contribution in [1.82, 2.24) is 9.55 Å². The van der Waals surface area contributed by atoms with Gasteiger partial charge in [0.1, 0.15) is 11.1 Å². The fourth-order valence-corrected chi connectivity index (χ4v) is 2.46. The Kier molecular flexibility index (Phi) is 5.48. The van der Waals surface area contributed by atoms with E-state index in [4.69, 9.17) is 0 Å². The maximum atomic E-state index is 12.8. The Balaban J connectivity index is 2.54.